The topological polar surface area (TPSA) is 45.7 Å². The second kappa shape index (κ2) is 10.5. The predicted molar refractivity (Wildman–Crippen MR) is 125 cm³/mol. The van der Waals surface area contributed by atoms with Gasteiger partial charge < -0.3 is 9.64 Å². The molecule has 2 aromatic carbocycles. The summed E-state index contributed by atoms with van der Waals surface area (Å²) in [7, 11) is 3.92. The quantitative estimate of drug-likeness (QED) is 0.445. The van der Waals surface area contributed by atoms with Gasteiger partial charge in [0.15, 0.2) is 5.13 Å². The molecule has 156 valence electrons. The lowest BCUT2D eigenvalue weighted by Crippen LogP contribution is -2.36. The molecule has 0 aliphatic carbocycles. The first-order valence-electron chi connectivity index (χ1n) is 8.84. The molecular formula is C20H22Cl3N3O2S. The molecule has 0 atom stereocenters. The Labute approximate surface area is 190 Å². The molecule has 1 aromatic heterocycles. The number of hydrogen-bond acceptors (Lipinski definition) is 5. The Morgan fingerprint density at radius 2 is 1.93 bits per heavy atom. The molecule has 1 amide bonds. The van der Waals surface area contributed by atoms with Crippen molar-refractivity contribution < 1.29 is 9.53 Å². The van der Waals surface area contributed by atoms with Crippen LogP contribution in [0.2, 0.25) is 10.0 Å². The molecule has 0 saturated carbocycles. The maximum absolute atomic E-state index is 13.3. The van der Waals surface area contributed by atoms with Crippen molar-refractivity contribution in [3.63, 3.8) is 0 Å². The fourth-order valence-electron chi connectivity index (χ4n) is 2.69. The van der Waals surface area contributed by atoms with Crippen molar-refractivity contribution in [1.29, 1.82) is 0 Å². The Hall–Kier alpha value is -1.57. The molecule has 0 aliphatic heterocycles. The van der Waals surface area contributed by atoms with Crippen molar-refractivity contribution in [2.75, 3.05) is 38.7 Å². The zero-order valence-electron chi connectivity index (χ0n) is 16.3. The summed E-state index contributed by atoms with van der Waals surface area (Å²) >= 11 is 13.8. The van der Waals surface area contributed by atoms with E-state index in [4.69, 9.17) is 32.9 Å². The Kier molecular flexibility index (Phi) is 8.55. The molecule has 0 N–H and O–H groups in total. The van der Waals surface area contributed by atoms with Gasteiger partial charge in [0.2, 0.25) is 0 Å². The van der Waals surface area contributed by atoms with Crippen molar-refractivity contribution in [3.05, 3.63) is 52.0 Å². The SMILES string of the molecule is CCOc1cccc2sc(N(CCN(C)C)C(=O)c3cc(Cl)ccc3Cl)nc12.Cl. The van der Waals surface area contributed by atoms with Gasteiger partial charge in [-0.25, -0.2) is 4.98 Å². The molecule has 0 fully saturated rings. The van der Waals surface area contributed by atoms with Crippen molar-refractivity contribution >= 4 is 68.2 Å². The molecule has 1 heterocycles. The minimum Gasteiger partial charge on any atom is -0.492 e. The third-order valence-corrected chi connectivity index (χ3v) is 5.68. The molecule has 0 aliphatic rings. The van der Waals surface area contributed by atoms with Gasteiger partial charge in [0.05, 0.1) is 21.9 Å². The smallest absolute Gasteiger partial charge is 0.261 e. The number of ether oxygens (including phenoxy) is 1. The van der Waals surface area contributed by atoms with Gasteiger partial charge in [-0.3, -0.25) is 9.69 Å². The van der Waals surface area contributed by atoms with Crippen molar-refractivity contribution in [1.82, 2.24) is 9.88 Å². The van der Waals surface area contributed by atoms with Crippen molar-refractivity contribution in [2.45, 2.75) is 6.92 Å². The first-order valence-corrected chi connectivity index (χ1v) is 10.4. The number of likely N-dealkylation sites (N-methyl/N-ethyl adjacent to an activating group) is 1. The zero-order valence-corrected chi connectivity index (χ0v) is 19.5. The Bertz CT molecular complexity index is 994. The highest BCUT2D eigenvalue weighted by atomic mass is 35.5. The van der Waals surface area contributed by atoms with Gasteiger partial charge in [-0.1, -0.05) is 40.6 Å². The van der Waals surface area contributed by atoms with Gasteiger partial charge in [-0.05, 0) is 51.4 Å². The normalized spacial score (nSPS) is 10.8. The van der Waals surface area contributed by atoms with E-state index >= 15 is 0 Å². The standard InChI is InChI=1S/C20H21Cl2N3O2S.ClH/c1-4-27-16-6-5-7-17-18(16)23-20(28-17)25(11-10-24(2)3)19(26)14-12-13(21)8-9-15(14)22;/h5-9,12H,4,10-11H2,1-3H3;1H. The van der Waals surface area contributed by atoms with E-state index in [1.807, 2.05) is 44.1 Å². The van der Waals surface area contributed by atoms with Gasteiger partial charge in [-0.15, -0.1) is 12.4 Å². The van der Waals surface area contributed by atoms with Gasteiger partial charge in [0, 0.05) is 18.1 Å². The molecule has 0 unspecified atom stereocenters. The molecular weight excluding hydrogens is 453 g/mol. The molecule has 9 heteroatoms. The monoisotopic (exact) mass is 473 g/mol. The first-order chi connectivity index (χ1) is 13.4. The number of aromatic nitrogens is 1. The Morgan fingerprint density at radius 3 is 2.62 bits per heavy atom. The third kappa shape index (κ3) is 5.53. The number of fused-ring (bicyclic) bond motifs is 1. The number of amides is 1. The van der Waals surface area contributed by atoms with Crippen LogP contribution in [-0.4, -0.2) is 49.6 Å². The Balaban J connectivity index is 0.00000300. The number of carbonyl (C=O) groups is 1. The van der Waals surface area contributed by atoms with Gasteiger partial charge in [0.25, 0.3) is 5.91 Å². The summed E-state index contributed by atoms with van der Waals surface area (Å²) in [6.07, 6.45) is 0. The van der Waals surface area contributed by atoms with Crippen LogP contribution < -0.4 is 9.64 Å². The summed E-state index contributed by atoms with van der Waals surface area (Å²) in [5, 5.41) is 1.42. The Morgan fingerprint density at radius 1 is 1.17 bits per heavy atom. The van der Waals surface area contributed by atoms with E-state index in [0.717, 1.165) is 10.2 Å². The number of halogens is 3. The number of para-hydroxylation sites is 1. The minimum absolute atomic E-state index is 0. The van der Waals surface area contributed by atoms with Crippen LogP contribution in [0, 0.1) is 0 Å². The zero-order chi connectivity index (χ0) is 20.3. The van der Waals surface area contributed by atoms with Crippen LogP contribution in [0.5, 0.6) is 5.75 Å². The van der Waals surface area contributed by atoms with E-state index in [2.05, 4.69) is 0 Å². The lowest BCUT2D eigenvalue weighted by Gasteiger charge is -2.22. The maximum atomic E-state index is 13.3. The van der Waals surface area contributed by atoms with Crippen LogP contribution in [0.25, 0.3) is 10.2 Å². The average Bonchev–Trinajstić information content (AvgIpc) is 3.08. The summed E-state index contributed by atoms with van der Waals surface area (Å²) in [5.41, 5.74) is 1.11. The molecule has 0 saturated heterocycles. The number of anilines is 1. The first kappa shape index (κ1) is 23.7. The van der Waals surface area contributed by atoms with Crippen LogP contribution in [0.1, 0.15) is 17.3 Å². The van der Waals surface area contributed by atoms with Crippen LogP contribution in [0.4, 0.5) is 5.13 Å². The number of carbonyl (C=O) groups excluding carboxylic acids is 1. The fourth-order valence-corrected chi connectivity index (χ4v) is 4.07. The summed E-state index contributed by atoms with van der Waals surface area (Å²) in [6.45, 7) is 3.63. The third-order valence-electron chi connectivity index (χ3n) is 4.08. The molecule has 3 rings (SSSR count). The second-order valence-electron chi connectivity index (χ2n) is 6.42. The second-order valence-corrected chi connectivity index (χ2v) is 8.27. The molecule has 0 radical (unpaired) electrons. The largest absolute Gasteiger partial charge is 0.492 e. The molecule has 29 heavy (non-hydrogen) atoms. The fraction of sp³-hybridized carbons (Fsp3) is 0.300. The van der Waals surface area contributed by atoms with Crippen LogP contribution in [-0.2, 0) is 0 Å². The van der Waals surface area contributed by atoms with Gasteiger partial charge >= 0.3 is 0 Å². The number of nitrogens with zero attached hydrogens (tertiary/aromatic N) is 3. The van der Waals surface area contributed by atoms with E-state index in [1.54, 1.807) is 23.1 Å². The predicted octanol–water partition coefficient (Wildman–Crippen LogP) is 5.63. The van der Waals surface area contributed by atoms with Crippen LogP contribution >= 0.6 is 46.9 Å². The lowest BCUT2D eigenvalue weighted by atomic mass is 10.2. The number of hydrogen-bond donors (Lipinski definition) is 0. The van der Waals surface area contributed by atoms with Gasteiger partial charge in [0.1, 0.15) is 11.3 Å². The van der Waals surface area contributed by atoms with Crippen molar-refractivity contribution in [3.8, 4) is 5.75 Å². The minimum atomic E-state index is -0.230. The maximum Gasteiger partial charge on any atom is 0.261 e. The van der Waals surface area contributed by atoms with E-state index in [9.17, 15) is 4.79 Å². The van der Waals surface area contributed by atoms with E-state index in [-0.39, 0.29) is 18.3 Å². The highest BCUT2D eigenvalue weighted by molar-refractivity contribution is 7.22. The molecule has 3 aromatic rings. The van der Waals surface area contributed by atoms with Crippen molar-refractivity contribution in [2.24, 2.45) is 0 Å². The number of thiazole rings is 1. The summed E-state index contributed by atoms with van der Waals surface area (Å²) < 4.78 is 6.64. The summed E-state index contributed by atoms with van der Waals surface area (Å²) in [5.74, 6) is 0.481. The number of benzene rings is 2. The number of rotatable bonds is 7. The van der Waals surface area contributed by atoms with Gasteiger partial charge in [-0.2, -0.15) is 0 Å². The highest BCUT2D eigenvalue weighted by Gasteiger charge is 2.24. The highest BCUT2D eigenvalue weighted by Crippen LogP contribution is 2.35. The molecule has 0 bridgehead atoms. The lowest BCUT2D eigenvalue weighted by molar-refractivity contribution is 0.0985. The van der Waals surface area contributed by atoms with E-state index in [0.29, 0.717) is 46.2 Å². The molecule has 0 spiro atoms. The van der Waals surface area contributed by atoms with Crippen LogP contribution in [0.15, 0.2) is 36.4 Å². The molecule has 5 nitrogen and oxygen atoms in total. The van der Waals surface area contributed by atoms with E-state index in [1.165, 1.54) is 11.3 Å². The average molecular weight is 475 g/mol. The van der Waals surface area contributed by atoms with Crippen LogP contribution in [0.3, 0.4) is 0 Å². The summed E-state index contributed by atoms with van der Waals surface area (Å²) in [6, 6.07) is 10.7. The summed E-state index contributed by atoms with van der Waals surface area (Å²) in [4.78, 5) is 21.7. The van der Waals surface area contributed by atoms with E-state index < -0.39 is 0 Å².